The average Bonchev–Trinajstić information content (AvgIpc) is 3.30. The molecule has 0 radical (unpaired) electrons. The number of carbonyl (C=O) groups is 2. The van der Waals surface area contributed by atoms with Gasteiger partial charge in [-0.15, -0.1) is 0 Å². The molecule has 7 nitrogen and oxygen atoms in total. The summed E-state index contributed by atoms with van der Waals surface area (Å²) in [6.45, 7) is 0.270. The molecule has 1 aliphatic heterocycles. The minimum atomic E-state index is -3.14. The van der Waals surface area contributed by atoms with Crippen molar-refractivity contribution in [3.8, 4) is 5.75 Å². The van der Waals surface area contributed by atoms with Crippen LogP contribution < -0.4 is 4.74 Å². The first-order valence-corrected chi connectivity index (χ1v) is 9.99. The van der Waals surface area contributed by atoms with Crippen molar-refractivity contribution in [2.75, 3.05) is 18.6 Å². The number of amides is 1. The van der Waals surface area contributed by atoms with Gasteiger partial charge in [-0.05, 0) is 30.5 Å². The first-order chi connectivity index (χ1) is 11.8. The Balaban J connectivity index is 1.79. The number of rotatable bonds is 6. The Morgan fingerprint density at radius 3 is 2.40 bits per heavy atom. The second-order valence-electron chi connectivity index (χ2n) is 6.66. The molecule has 1 heterocycles. The predicted molar refractivity (Wildman–Crippen MR) is 89.8 cm³/mol. The van der Waals surface area contributed by atoms with Crippen LogP contribution in [0, 0.1) is 11.8 Å². The number of hydrogen-bond donors (Lipinski definition) is 1. The fourth-order valence-electron chi connectivity index (χ4n) is 3.29. The third-order valence-corrected chi connectivity index (χ3v) is 6.62. The van der Waals surface area contributed by atoms with Crippen molar-refractivity contribution < 1.29 is 27.9 Å². The van der Waals surface area contributed by atoms with Gasteiger partial charge in [-0.3, -0.25) is 9.59 Å². The summed E-state index contributed by atoms with van der Waals surface area (Å²) >= 11 is 0. The van der Waals surface area contributed by atoms with E-state index in [1.165, 1.54) is 0 Å². The van der Waals surface area contributed by atoms with E-state index in [0.717, 1.165) is 5.56 Å². The second-order valence-corrected chi connectivity index (χ2v) is 8.89. The molecule has 136 valence electrons. The van der Waals surface area contributed by atoms with Gasteiger partial charge in [0.15, 0.2) is 9.84 Å². The van der Waals surface area contributed by atoms with Gasteiger partial charge in [-0.25, -0.2) is 8.42 Å². The molecule has 1 aromatic carbocycles. The monoisotopic (exact) mass is 367 g/mol. The molecule has 25 heavy (non-hydrogen) atoms. The van der Waals surface area contributed by atoms with E-state index in [1.807, 2.05) is 12.1 Å². The number of nitrogens with zero attached hydrogens (tertiary/aromatic N) is 1. The van der Waals surface area contributed by atoms with E-state index in [4.69, 9.17) is 9.84 Å². The molecule has 1 saturated heterocycles. The minimum absolute atomic E-state index is 0.0562. The minimum Gasteiger partial charge on any atom is -0.497 e. The molecule has 3 atom stereocenters. The zero-order valence-corrected chi connectivity index (χ0v) is 14.7. The zero-order chi connectivity index (χ0) is 18.2. The van der Waals surface area contributed by atoms with Crippen LogP contribution >= 0.6 is 0 Å². The smallest absolute Gasteiger partial charge is 0.307 e. The summed E-state index contributed by atoms with van der Waals surface area (Å²) in [6.07, 6.45) is 0.724. The van der Waals surface area contributed by atoms with Crippen molar-refractivity contribution in [2.45, 2.75) is 25.4 Å². The third kappa shape index (κ3) is 3.95. The number of aliphatic carboxylic acids is 1. The van der Waals surface area contributed by atoms with Crippen molar-refractivity contribution in [3.05, 3.63) is 29.8 Å². The quantitative estimate of drug-likeness (QED) is 0.803. The van der Waals surface area contributed by atoms with E-state index in [0.29, 0.717) is 18.6 Å². The van der Waals surface area contributed by atoms with Crippen molar-refractivity contribution in [2.24, 2.45) is 11.8 Å². The molecule has 1 aromatic rings. The standard InChI is InChI=1S/C17H21NO6S/c1-24-13-4-2-11(3-5-13)9-18(12-6-7-25(22,23)10-12)16(19)14-8-15(14)17(20)21/h2-5,12,14-15H,6-10H2,1H3,(H,20,21)/t12-,14-,15+/m1/s1. The van der Waals surface area contributed by atoms with E-state index in [1.54, 1.807) is 24.1 Å². The van der Waals surface area contributed by atoms with Crippen molar-refractivity contribution in [1.29, 1.82) is 0 Å². The van der Waals surface area contributed by atoms with Gasteiger partial charge in [0.05, 0.1) is 30.5 Å². The van der Waals surface area contributed by atoms with E-state index in [9.17, 15) is 18.0 Å². The fourth-order valence-corrected chi connectivity index (χ4v) is 5.02. The maximum atomic E-state index is 12.8. The van der Waals surface area contributed by atoms with Crippen LogP contribution in [0.2, 0.25) is 0 Å². The Labute approximate surface area is 146 Å². The summed E-state index contributed by atoms with van der Waals surface area (Å²) in [5.74, 6) is -1.72. The first-order valence-electron chi connectivity index (χ1n) is 8.17. The van der Waals surface area contributed by atoms with Crippen LogP contribution in [-0.4, -0.2) is 55.0 Å². The van der Waals surface area contributed by atoms with Crippen LogP contribution in [0.1, 0.15) is 18.4 Å². The third-order valence-electron chi connectivity index (χ3n) is 4.87. The highest BCUT2D eigenvalue weighted by molar-refractivity contribution is 7.91. The zero-order valence-electron chi connectivity index (χ0n) is 13.9. The maximum Gasteiger partial charge on any atom is 0.307 e. The Bertz CT molecular complexity index is 773. The molecule has 1 aliphatic carbocycles. The molecule has 0 aromatic heterocycles. The van der Waals surface area contributed by atoms with Gasteiger partial charge in [0.1, 0.15) is 5.75 Å². The van der Waals surface area contributed by atoms with Crippen LogP contribution in [0.5, 0.6) is 5.75 Å². The largest absolute Gasteiger partial charge is 0.497 e. The Kier molecular flexibility index (Phi) is 4.73. The van der Waals surface area contributed by atoms with Gasteiger partial charge >= 0.3 is 5.97 Å². The van der Waals surface area contributed by atoms with E-state index in [2.05, 4.69) is 0 Å². The predicted octanol–water partition coefficient (Wildman–Crippen LogP) is 0.932. The maximum absolute atomic E-state index is 12.8. The van der Waals surface area contributed by atoms with Crippen molar-refractivity contribution >= 4 is 21.7 Å². The summed E-state index contributed by atoms with van der Waals surface area (Å²) in [4.78, 5) is 25.4. The molecule has 1 amide bonds. The topological polar surface area (TPSA) is 101 Å². The summed E-state index contributed by atoms with van der Waals surface area (Å²) in [5, 5.41) is 9.07. The highest BCUT2D eigenvalue weighted by atomic mass is 32.2. The molecule has 1 N–H and O–H groups in total. The summed E-state index contributed by atoms with van der Waals surface area (Å²) < 4.78 is 28.7. The van der Waals surface area contributed by atoms with Gasteiger partial charge in [0, 0.05) is 12.6 Å². The van der Waals surface area contributed by atoms with Gasteiger partial charge in [0.25, 0.3) is 0 Å². The molecule has 2 fully saturated rings. The SMILES string of the molecule is COc1ccc(CN(C(=O)[C@@H]2C[C@@H]2C(=O)O)[C@@H]2CCS(=O)(=O)C2)cc1. The average molecular weight is 367 g/mol. The normalized spacial score (nSPS) is 26.8. The number of carboxylic acids is 1. The molecule has 1 saturated carbocycles. The second kappa shape index (κ2) is 6.67. The van der Waals surface area contributed by atoms with E-state index in [-0.39, 0.29) is 24.0 Å². The molecule has 0 unspecified atom stereocenters. The van der Waals surface area contributed by atoms with Crippen LogP contribution in [-0.2, 0) is 26.0 Å². The molecule has 0 spiro atoms. The van der Waals surface area contributed by atoms with Crippen LogP contribution in [0.4, 0.5) is 0 Å². The van der Waals surface area contributed by atoms with Crippen LogP contribution in [0.3, 0.4) is 0 Å². The molecule has 8 heteroatoms. The highest BCUT2D eigenvalue weighted by Crippen LogP contribution is 2.41. The summed E-state index contributed by atoms with van der Waals surface area (Å²) in [5.41, 5.74) is 0.853. The lowest BCUT2D eigenvalue weighted by Gasteiger charge is -2.29. The lowest BCUT2D eigenvalue weighted by Crippen LogP contribution is -2.42. The number of sulfone groups is 1. The van der Waals surface area contributed by atoms with Crippen LogP contribution in [0.15, 0.2) is 24.3 Å². The molecular formula is C17H21NO6S. The highest BCUT2D eigenvalue weighted by Gasteiger charge is 2.51. The Morgan fingerprint density at radius 1 is 1.24 bits per heavy atom. The van der Waals surface area contributed by atoms with E-state index >= 15 is 0 Å². The lowest BCUT2D eigenvalue weighted by molar-refractivity contribution is -0.142. The molecule has 3 rings (SSSR count). The molecule has 2 aliphatic rings. The van der Waals surface area contributed by atoms with Gasteiger partial charge in [0.2, 0.25) is 5.91 Å². The number of hydrogen-bond acceptors (Lipinski definition) is 5. The summed E-state index contributed by atoms with van der Waals surface area (Å²) in [6, 6.07) is 6.81. The fraction of sp³-hybridized carbons (Fsp3) is 0.529. The molecule has 0 bridgehead atoms. The first kappa shape index (κ1) is 17.7. The van der Waals surface area contributed by atoms with Crippen molar-refractivity contribution in [1.82, 2.24) is 4.90 Å². The van der Waals surface area contributed by atoms with Gasteiger partial charge in [-0.2, -0.15) is 0 Å². The molecular weight excluding hydrogens is 346 g/mol. The number of ether oxygens (including phenoxy) is 1. The van der Waals surface area contributed by atoms with Gasteiger partial charge < -0.3 is 14.7 Å². The van der Waals surface area contributed by atoms with Crippen LogP contribution in [0.25, 0.3) is 0 Å². The number of benzene rings is 1. The number of methoxy groups -OCH3 is 1. The van der Waals surface area contributed by atoms with Crippen molar-refractivity contribution in [3.63, 3.8) is 0 Å². The van der Waals surface area contributed by atoms with E-state index < -0.39 is 33.7 Å². The lowest BCUT2D eigenvalue weighted by atomic mass is 10.1. The number of carbonyl (C=O) groups excluding carboxylic acids is 1. The Hall–Kier alpha value is -2.09. The van der Waals surface area contributed by atoms with Gasteiger partial charge in [-0.1, -0.05) is 12.1 Å². The Morgan fingerprint density at radius 2 is 1.92 bits per heavy atom. The number of carboxylic acid groups (broad SMARTS) is 1. The summed E-state index contributed by atoms with van der Waals surface area (Å²) in [7, 11) is -1.58.